The van der Waals surface area contributed by atoms with Crippen LogP contribution < -0.4 is 4.74 Å². The van der Waals surface area contributed by atoms with Gasteiger partial charge in [0.2, 0.25) is 0 Å². The van der Waals surface area contributed by atoms with Gasteiger partial charge in [0, 0.05) is 17.6 Å². The molecule has 0 atom stereocenters. The number of hydrogen-bond donors (Lipinski definition) is 1. The Morgan fingerprint density at radius 2 is 2.33 bits per heavy atom. The summed E-state index contributed by atoms with van der Waals surface area (Å²) in [4.78, 5) is 10.9. The zero-order valence-corrected chi connectivity index (χ0v) is 10.3. The molecule has 1 aromatic carbocycles. The van der Waals surface area contributed by atoms with Gasteiger partial charge in [0.25, 0.3) is 0 Å². The zero-order chi connectivity index (χ0) is 13.1. The molecule has 0 bridgehead atoms. The van der Waals surface area contributed by atoms with Gasteiger partial charge in [-0.25, -0.2) is 9.18 Å². The molecule has 1 N–H and O–H groups in total. The van der Waals surface area contributed by atoms with Crippen molar-refractivity contribution in [1.29, 1.82) is 0 Å². The molecule has 0 aliphatic carbocycles. The maximum absolute atomic E-state index is 13.0. The first-order valence-electron chi connectivity index (χ1n) is 4.70. The van der Waals surface area contributed by atoms with Crippen molar-refractivity contribution >= 4 is 29.1 Å². The van der Waals surface area contributed by atoms with E-state index in [9.17, 15) is 9.18 Å². The Kier molecular flexibility index (Phi) is 3.73. The van der Waals surface area contributed by atoms with Crippen LogP contribution in [0.1, 0.15) is 16.1 Å². The van der Waals surface area contributed by atoms with E-state index in [1.807, 2.05) is 0 Å². The van der Waals surface area contributed by atoms with Gasteiger partial charge in [-0.05, 0) is 12.1 Å². The van der Waals surface area contributed by atoms with Gasteiger partial charge in [-0.2, -0.15) is 0 Å². The quantitative estimate of drug-likeness (QED) is 0.936. The van der Waals surface area contributed by atoms with Crippen LogP contribution >= 0.6 is 23.1 Å². The van der Waals surface area contributed by atoms with E-state index in [0.29, 0.717) is 10.0 Å². The minimum absolute atomic E-state index is 0.0704. The van der Waals surface area contributed by atoms with Gasteiger partial charge in [-0.15, -0.1) is 5.10 Å². The number of aromatic carboxylic acids is 1. The van der Waals surface area contributed by atoms with Gasteiger partial charge < -0.3 is 9.84 Å². The van der Waals surface area contributed by atoms with Crippen molar-refractivity contribution < 1.29 is 19.0 Å². The Balaban J connectivity index is 2.20. The van der Waals surface area contributed by atoms with Crippen LogP contribution in [-0.4, -0.2) is 20.7 Å². The van der Waals surface area contributed by atoms with Crippen molar-refractivity contribution in [3.8, 4) is 5.75 Å². The molecule has 94 valence electrons. The lowest BCUT2D eigenvalue weighted by molar-refractivity contribution is 0.0691. The van der Waals surface area contributed by atoms with Crippen LogP contribution in [0.2, 0.25) is 4.34 Å². The van der Waals surface area contributed by atoms with E-state index in [2.05, 4.69) is 9.59 Å². The Morgan fingerprint density at radius 3 is 2.94 bits per heavy atom. The molecule has 5 nitrogen and oxygen atoms in total. The van der Waals surface area contributed by atoms with E-state index in [1.165, 1.54) is 0 Å². The standard InChI is InChI=1S/C10H6ClFN2O3S/c11-9-7(13-14-18-9)4-17-8-3-5(12)1-2-6(8)10(15)16/h1-3H,4H2,(H,15,16). The molecule has 2 rings (SSSR count). The first-order valence-corrected chi connectivity index (χ1v) is 5.85. The van der Waals surface area contributed by atoms with Gasteiger partial charge in [0.05, 0.1) is 0 Å². The molecule has 0 spiro atoms. The highest BCUT2D eigenvalue weighted by Crippen LogP contribution is 2.23. The third-order valence-corrected chi connectivity index (χ3v) is 3.03. The highest BCUT2D eigenvalue weighted by atomic mass is 35.5. The first-order chi connectivity index (χ1) is 8.58. The summed E-state index contributed by atoms with van der Waals surface area (Å²) in [7, 11) is 0. The average Bonchev–Trinajstić information content (AvgIpc) is 2.72. The fraction of sp³-hybridized carbons (Fsp3) is 0.100. The molecule has 2 aromatic rings. The number of rotatable bonds is 4. The van der Waals surface area contributed by atoms with E-state index < -0.39 is 11.8 Å². The van der Waals surface area contributed by atoms with E-state index in [-0.39, 0.29) is 17.9 Å². The maximum Gasteiger partial charge on any atom is 0.339 e. The maximum atomic E-state index is 13.0. The van der Waals surface area contributed by atoms with E-state index in [1.54, 1.807) is 0 Å². The molecule has 0 unspecified atom stereocenters. The molecule has 0 saturated heterocycles. The largest absolute Gasteiger partial charge is 0.486 e. The summed E-state index contributed by atoms with van der Waals surface area (Å²) in [5, 5.41) is 12.6. The summed E-state index contributed by atoms with van der Waals surface area (Å²) >= 11 is 6.75. The number of aromatic nitrogens is 2. The number of carboxylic acids is 1. The second kappa shape index (κ2) is 5.28. The van der Waals surface area contributed by atoms with Gasteiger partial charge >= 0.3 is 5.97 Å². The van der Waals surface area contributed by atoms with Gasteiger partial charge in [-0.1, -0.05) is 16.1 Å². The second-order valence-corrected chi connectivity index (χ2v) is 4.58. The van der Waals surface area contributed by atoms with Crippen LogP contribution in [0.3, 0.4) is 0 Å². The summed E-state index contributed by atoms with van der Waals surface area (Å²) in [5.41, 5.74) is 0.248. The Labute approximate surface area is 110 Å². The van der Waals surface area contributed by atoms with E-state index in [0.717, 1.165) is 29.7 Å². The lowest BCUT2D eigenvalue weighted by Crippen LogP contribution is -2.04. The molecular formula is C10H6ClFN2O3S. The first kappa shape index (κ1) is 12.7. The summed E-state index contributed by atoms with van der Waals surface area (Å²) in [6.45, 7) is -0.0704. The van der Waals surface area contributed by atoms with Crippen LogP contribution in [0.15, 0.2) is 18.2 Å². The molecule has 0 fully saturated rings. The van der Waals surface area contributed by atoms with Crippen molar-refractivity contribution in [1.82, 2.24) is 9.59 Å². The summed E-state index contributed by atoms with van der Waals surface area (Å²) < 4.78 is 22.2. The number of halogens is 2. The highest BCUT2D eigenvalue weighted by Gasteiger charge is 2.14. The zero-order valence-electron chi connectivity index (χ0n) is 8.76. The van der Waals surface area contributed by atoms with Crippen molar-refractivity contribution in [3.63, 3.8) is 0 Å². The molecular weight excluding hydrogens is 283 g/mol. The van der Waals surface area contributed by atoms with Crippen LogP contribution in [-0.2, 0) is 6.61 Å². The molecule has 0 aliphatic heterocycles. The van der Waals surface area contributed by atoms with Crippen molar-refractivity contribution in [2.24, 2.45) is 0 Å². The topological polar surface area (TPSA) is 72.3 Å². The SMILES string of the molecule is O=C(O)c1ccc(F)cc1OCc1nnsc1Cl. The fourth-order valence-corrected chi connectivity index (χ4v) is 1.82. The molecule has 0 radical (unpaired) electrons. The van der Waals surface area contributed by atoms with Crippen LogP contribution in [0, 0.1) is 5.82 Å². The minimum Gasteiger partial charge on any atom is -0.486 e. The Bertz CT molecular complexity index is 590. The van der Waals surface area contributed by atoms with E-state index in [4.69, 9.17) is 21.4 Å². The Hall–Kier alpha value is -1.73. The van der Waals surface area contributed by atoms with Gasteiger partial charge in [0.1, 0.15) is 33.8 Å². The summed E-state index contributed by atoms with van der Waals surface area (Å²) in [5.74, 6) is -1.86. The lowest BCUT2D eigenvalue weighted by Gasteiger charge is -2.07. The van der Waals surface area contributed by atoms with Crippen molar-refractivity contribution in [2.75, 3.05) is 0 Å². The van der Waals surface area contributed by atoms with E-state index >= 15 is 0 Å². The number of benzene rings is 1. The average molecular weight is 289 g/mol. The highest BCUT2D eigenvalue weighted by molar-refractivity contribution is 7.10. The second-order valence-electron chi connectivity index (χ2n) is 3.23. The van der Waals surface area contributed by atoms with Crippen LogP contribution in [0.4, 0.5) is 4.39 Å². The number of nitrogens with zero attached hydrogens (tertiary/aromatic N) is 2. The monoisotopic (exact) mass is 288 g/mol. The molecule has 1 aromatic heterocycles. The molecule has 8 heteroatoms. The Morgan fingerprint density at radius 1 is 1.56 bits per heavy atom. The third kappa shape index (κ3) is 2.74. The van der Waals surface area contributed by atoms with Crippen LogP contribution in [0.5, 0.6) is 5.75 Å². The van der Waals surface area contributed by atoms with Crippen molar-refractivity contribution in [2.45, 2.75) is 6.61 Å². The molecule has 0 saturated carbocycles. The predicted octanol–water partition coefficient (Wildman–Crippen LogP) is 2.61. The molecule has 18 heavy (non-hydrogen) atoms. The number of hydrogen-bond acceptors (Lipinski definition) is 5. The molecule has 0 amide bonds. The predicted molar refractivity (Wildman–Crippen MR) is 62.6 cm³/mol. The van der Waals surface area contributed by atoms with Crippen LogP contribution in [0.25, 0.3) is 0 Å². The number of ether oxygens (including phenoxy) is 1. The minimum atomic E-state index is -1.20. The number of carbonyl (C=O) groups is 1. The summed E-state index contributed by atoms with van der Waals surface area (Å²) in [6.07, 6.45) is 0. The van der Waals surface area contributed by atoms with Crippen molar-refractivity contribution in [3.05, 3.63) is 39.6 Å². The normalized spacial score (nSPS) is 10.3. The lowest BCUT2D eigenvalue weighted by atomic mass is 10.2. The third-order valence-electron chi connectivity index (χ3n) is 2.05. The number of carboxylic acid groups (broad SMARTS) is 1. The van der Waals surface area contributed by atoms with Gasteiger partial charge in [-0.3, -0.25) is 0 Å². The smallest absolute Gasteiger partial charge is 0.339 e. The fourth-order valence-electron chi connectivity index (χ4n) is 1.22. The summed E-state index contributed by atoms with van der Waals surface area (Å²) in [6, 6.07) is 3.18. The molecule has 0 aliphatic rings. The van der Waals surface area contributed by atoms with Gasteiger partial charge in [0.15, 0.2) is 0 Å². The molecule has 1 heterocycles.